The Labute approximate surface area is 193 Å². The Balaban J connectivity index is 0.00000729. The van der Waals surface area contributed by atoms with Crippen molar-refractivity contribution in [3.63, 3.8) is 0 Å². The van der Waals surface area contributed by atoms with Crippen LogP contribution in [0, 0.1) is 0 Å². The molecule has 0 amide bonds. The quantitative estimate of drug-likeness (QED) is 0.131. The minimum absolute atomic E-state index is 0. The van der Waals surface area contributed by atoms with E-state index >= 15 is 0 Å². The summed E-state index contributed by atoms with van der Waals surface area (Å²) in [5, 5.41) is 20.9. The Bertz CT molecular complexity index is 542. The summed E-state index contributed by atoms with van der Waals surface area (Å²) in [4.78, 5) is 2.04. The minimum Gasteiger partial charge on any atom is -0.852 e. The first kappa shape index (κ1) is 28.3. The van der Waals surface area contributed by atoms with E-state index in [0.29, 0.717) is 19.6 Å². The monoisotopic (exact) mass is 428 g/mol. The molecule has 1 heterocycles. The van der Waals surface area contributed by atoms with Crippen LogP contribution < -0.4 is 34.7 Å². The second kappa shape index (κ2) is 16.1. The number of hydrogen-bond acceptors (Lipinski definition) is 6. The van der Waals surface area contributed by atoms with Gasteiger partial charge in [0, 0.05) is 6.42 Å². The van der Waals surface area contributed by atoms with E-state index in [9.17, 15) is 23.2 Å². The molecule has 1 aliphatic rings. The fourth-order valence-electron chi connectivity index (χ4n) is 3.70. The van der Waals surface area contributed by atoms with Crippen molar-refractivity contribution in [1.82, 2.24) is 4.90 Å². The fraction of sp³-hybridized carbons (Fsp3) is 0.947. The van der Waals surface area contributed by atoms with Gasteiger partial charge in [0.2, 0.25) is 5.84 Å². The summed E-state index contributed by atoms with van der Waals surface area (Å²) in [7, 11) is -4.44. The molecule has 1 atom stereocenters. The van der Waals surface area contributed by atoms with E-state index in [2.05, 4.69) is 6.92 Å². The molecule has 1 unspecified atom stereocenters. The molecule has 28 heavy (non-hydrogen) atoms. The van der Waals surface area contributed by atoms with Gasteiger partial charge in [-0.1, -0.05) is 58.3 Å². The smallest absolute Gasteiger partial charge is 0.852 e. The van der Waals surface area contributed by atoms with Crippen LogP contribution in [0.2, 0.25) is 0 Å². The molecule has 1 rings (SSSR count). The van der Waals surface area contributed by atoms with Crippen LogP contribution in [0.4, 0.5) is 0 Å². The van der Waals surface area contributed by atoms with Gasteiger partial charge in [0.15, 0.2) is 0 Å². The summed E-state index contributed by atoms with van der Waals surface area (Å²) >= 11 is 0. The molecule has 0 aliphatic carbocycles. The summed E-state index contributed by atoms with van der Waals surface area (Å²) in [5.41, 5.74) is 0. The predicted octanol–water partition coefficient (Wildman–Crippen LogP) is -2.10. The first-order valence-corrected chi connectivity index (χ1v) is 12.0. The van der Waals surface area contributed by atoms with Gasteiger partial charge in [-0.25, -0.2) is 8.42 Å². The molecule has 0 fully saturated rings. The van der Waals surface area contributed by atoms with Crippen molar-refractivity contribution in [3.8, 4) is 0 Å². The maximum atomic E-state index is 11.0. The van der Waals surface area contributed by atoms with Crippen molar-refractivity contribution in [2.45, 2.75) is 77.2 Å². The van der Waals surface area contributed by atoms with Gasteiger partial charge in [0.1, 0.15) is 25.7 Å². The van der Waals surface area contributed by atoms with Crippen molar-refractivity contribution in [2.24, 2.45) is 0 Å². The molecule has 160 valence electrons. The van der Waals surface area contributed by atoms with E-state index in [1.165, 1.54) is 44.9 Å². The van der Waals surface area contributed by atoms with Crippen molar-refractivity contribution < 1.29 is 57.3 Å². The van der Waals surface area contributed by atoms with E-state index in [1.54, 1.807) is 0 Å². The number of unbranched alkanes of at least 4 members (excludes halogenated alkanes) is 8. The fourth-order valence-corrected chi connectivity index (χ4v) is 4.28. The maximum Gasteiger partial charge on any atom is 1.00 e. The van der Waals surface area contributed by atoms with Gasteiger partial charge in [-0.05, 0) is 6.42 Å². The Morgan fingerprint density at radius 3 is 2.21 bits per heavy atom. The molecule has 0 aromatic carbocycles. The SMILES string of the molecule is CCCCCCCCCCCC1=[N+](CC(O)CS(=O)(=O)[O-])CCN1CC[O-].[Na+]. The van der Waals surface area contributed by atoms with Gasteiger partial charge in [-0.2, -0.15) is 0 Å². The number of amidine groups is 1. The standard InChI is InChI=1S/C19H38N2O5S.Na/c1-2-3-4-5-6-7-8-9-10-11-19-20(14-15-22)12-13-21(19)16-18(23)17-27(24,25)26;/h18,23H,2-17H2,1H3,(H,24,25,26);/q;+1/p-1. The molecule has 0 spiro atoms. The van der Waals surface area contributed by atoms with Crippen molar-refractivity contribution in [2.75, 3.05) is 38.5 Å². The zero-order chi connectivity index (χ0) is 20.1. The molecule has 0 aromatic rings. The molecule has 9 heteroatoms. The Hall–Kier alpha value is 0.300. The summed E-state index contributed by atoms with van der Waals surface area (Å²) in [6.07, 6.45) is 10.8. The topological polar surface area (TPSA) is 107 Å². The normalized spacial score (nSPS) is 15.8. The zero-order valence-electron chi connectivity index (χ0n) is 17.8. The molecule has 1 N–H and O–H groups in total. The molecule has 0 saturated heterocycles. The zero-order valence-corrected chi connectivity index (χ0v) is 20.6. The third kappa shape index (κ3) is 12.8. The van der Waals surface area contributed by atoms with Crippen molar-refractivity contribution >= 4 is 16.0 Å². The second-order valence-electron chi connectivity index (χ2n) is 7.51. The predicted molar refractivity (Wildman–Crippen MR) is 104 cm³/mol. The average Bonchev–Trinajstić information content (AvgIpc) is 2.93. The Morgan fingerprint density at radius 1 is 1.11 bits per heavy atom. The number of aliphatic hydroxyl groups is 1. The van der Waals surface area contributed by atoms with Crippen molar-refractivity contribution in [3.05, 3.63) is 0 Å². The van der Waals surface area contributed by atoms with Crippen LogP contribution in [-0.2, 0) is 10.1 Å². The summed E-state index contributed by atoms with van der Waals surface area (Å²) in [6, 6.07) is 0. The van der Waals surface area contributed by atoms with Gasteiger partial charge in [-0.3, -0.25) is 9.48 Å². The number of hydrogen-bond donors (Lipinski definition) is 1. The maximum absolute atomic E-state index is 11.0. The Kier molecular flexibility index (Phi) is 16.2. The van der Waals surface area contributed by atoms with Gasteiger partial charge in [0.25, 0.3) is 0 Å². The third-order valence-corrected chi connectivity index (χ3v) is 5.86. The third-order valence-electron chi connectivity index (χ3n) is 5.06. The largest absolute Gasteiger partial charge is 1.00 e. The number of nitrogens with zero attached hydrogens (tertiary/aromatic N) is 2. The summed E-state index contributed by atoms with van der Waals surface area (Å²) < 4.78 is 34.4. The van der Waals surface area contributed by atoms with Gasteiger partial charge < -0.3 is 14.8 Å². The van der Waals surface area contributed by atoms with E-state index in [0.717, 1.165) is 25.1 Å². The first-order valence-electron chi connectivity index (χ1n) is 10.4. The molecule has 0 aromatic heterocycles. The number of rotatable bonds is 16. The Morgan fingerprint density at radius 2 is 1.68 bits per heavy atom. The van der Waals surface area contributed by atoms with Gasteiger partial charge >= 0.3 is 29.6 Å². The molecule has 0 saturated carbocycles. The summed E-state index contributed by atoms with van der Waals surface area (Å²) in [6.45, 7) is 3.96. The van der Waals surface area contributed by atoms with Crippen LogP contribution in [0.3, 0.4) is 0 Å². The molecular formula is C19H37N2NaO5S. The van der Waals surface area contributed by atoms with E-state index in [4.69, 9.17) is 0 Å². The molecular weight excluding hydrogens is 391 g/mol. The van der Waals surface area contributed by atoms with E-state index in [1.807, 2.05) is 9.48 Å². The number of aliphatic hydroxyl groups excluding tert-OH is 1. The van der Waals surface area contributed by atoms with Crippen LogP contribution in [0.5, 0.6) is 0 Å². The minimum atomic E-state index is -4.44. The average molecular weight is 429 g/mol. The van der Waals surface area contributed by atoms with Gasteiger partial charge in [0.05, 0.1) is 22.4 Å². The molecule has 0 bridgehead atoms. The van der Waals surface area contributed by atoms with Crippen LogP contribution in [0.1, 0.15) is 71.1 Å². The van der Waals surface area contributed by atoms with Crippen LogP contribution in [-0.4, -0.2) is 78.0 Å². The van der Waals surface area contributed by atoms with E-state index < -0.39 is 22.0 Å². The van der Waals surface area contributed by atoms with Gasteiger partial charge in [-0.15, -0.1) is 6.61 Å². The molecule has 0 radical (unpaired) electrons. The summed E-state index contributed by atoms with van der Waals surface area (Å²) in [5.74, 6) is 0.243. The number of β-amino-alcohol motifs (C(OH)–C–C–N with tert-alkyl or cyclic N) is 1. The van der Waals surface area contributed by atoms with Crippen LogP contribution in [0.25, 0.3) is 0 Å². The van der Waals surface area contributed by atoms with E-state index in [-0.39, 0.29) is 42.7 Å². The molecule has 7 nitrogen and oxygen atoms in total. The van der Waals surface area contributed by atoms with Crippen LogP contribution in [0.15, 0.2) is 0 Å². The second-order valence-corrected chi connectivity index (χ2v) is 8.96. The first-order chi connectivity index (χ1) is 12.9. The molecule has 1 aliphatic heterocycles. The van der Waals surface area contributed by atoms with Crippen molar-refractivity contribution in [1.29, 1.82) is 0 Å². The van der Waals surface area contributed by atoms with Crippen LogP contribution >= 0.6 is 0 Å².